The first-order chi connectivity index (χ1) is 6.81. The van der Waals surface area contributed by atoms with Gasteiger partial charge in [0.2, 0.25) is 0 Å². The smallest absolute Gasteiger partial charge is 0.176 e. The van der Waals surface area contributed by atoms with Crippen molar-refractivity contribution in [3.05, 3.63) is 27.7 Å². The van der Waals surface area contributed by atoms with Gasteiger partial charge in [-0.1, -0.05) is 0 Å². The summed E-state index contributed by atoms with van der Waals surface area (Å²) in [6, 6.07) is 2.73. The summed E-state index contributed by atoms with van der Waals surface area (Å²) in [5, 5.41) is 18.4. The lowest BCUT2D eigenvalue weighted by Crippen LogP contribution is -2.15. The van der Waals surface area contributed by atoms with Crippen molar-refractivity contribution in [2.24, 2.45) is 0 Å². The minimum absolute atomic E-state index is 0.0516. The number of nitrogens with zero attached hydrogens (tertiary/aromatic N) is 1. The highest BCUT2D eigenvalue weighted by molar-refractivity contribution is 9.10. The predicted octanol–water partition coefficient (Wildman–Crippen LogP) is 3.23. The number of hydrogen-bond acceptors (Lipinski definition) is 2. The van der Waals surface area contributed by atoms with Crippen molar-refractivity contribution >= 4 is 15.9 Å². The first-order valence-electron chi connectivity index (χ1n) is 4.09. The van der Waals surface area contributed by atoms with Gasteiger partial charge in [0.15, 0.2) is 11.6 Å². The van der Waals surface area contributed by atoms with E-state index in [1.165, 1.54) is 13.8 Å². The lowest BCUT2D eigenvalue weighted by atomic mass is 9.85. The maximum Gasteiger partial charge on any atom is 0.176 e. The lowest BCUT2D eigenvalue weighted by Gasteiger charge is -2.18. The zero-order valence-corrected chi connectivity index (χ0v) is 9.69. The second-order valence-electron chi connectivity index (χ2n) is 3.62. The van der Waals surface area contributed by atoms with Crippen LogP contribution in [0.4, 0.5) is 8.78 Å². The van der Waals surface area contributed by atoms with E-state index in [-0.39, 0.29) is 10.0 Å². The molecule has 1 aromatic rings. The van der Waals surface area contributed by atoms with E-state index in [0.29, 0.717) is 0 Å². The fourth-order valence-electron chi connectivity index (χ4n) is 1.12. The molecule has 15 heavy (non-hydrogen) atoms. The van der Waals surface area contributed by atoms with Gasteiger partial charge in [-0.15, -0.1) is 0 Å². The van der Waals surface area contributed by atoms with Gasteiger partial charge in [-0.25, -0.2) is 8.78 Å². The van der Waals surface area contributed by atoms with Gasteiger partial charge in [0.25, 0.3) is 0 Å². The van der Waals surface area contributed by atoms with Crippen molar-refractivity contribution < 1.29 is 13.9 Å². The van der Waals surface area contributed by atoms with E-state index < -0.39 is 22.8 Å². The van der Waals surface area contributed by atoms with Gasteiger partial charge in [-0.2, -0.15) is 5.26 Å². The van der Waals surface area contributed by atoms with Crippen LogP contribution in [0.5, 0.6) is 5.75 Å². The van der Waals surface area contributed by atoms with Gasteiger partial charge in [-0.05, 0) is 35.8 Å². The summed E-state index contributed by atoms with van der Waals surface area (Å²) in [5.41, 5.74) is -1.03. The van der Waals surface area contributed by atoms with Crippen LogP contribution < -0.4 is 0 Å². The molecule has 0 aromatic heterocycles. The van der Waals surface area contributed by atoms with Gasteiger partial charge in [0.1, 0.15) is 5.75 Å². The number of rotatable bonds is 1. The van der Waals surface area contributed by atoms with E-state index >= 15 is 0 Å². The Labute approximate surface area is 94.3 Å². The molecule has 0 heterocycles. The number of aromatic hydroxyl groups is 1. The maximum atomic E-state index is 13.1. The number of hydrogen-bond donors (Lipinski definition) is 1. The number of nitriles is 1. The standard InChI is InChI=1S/C10H8BrF2NO/c1-10(2,4-14)5-3-6(12)8(13)7(11)9(5)15/h3,15H,1-2H3. The zero-order valence-electron chi connectivity index (χ0n) is 8.11. The molecule has 1 N–H and O–H groups in total. The van der Waals surface area contributed by atoms with Gasteiger partial charge in [0.05, 0.1) is 16.0 Å². The van der Waals surface area contributed by atoms with E-state index in [0.717, 1.165) is 6.07 Å². The number of phenolic OH excluding ortho intramolecular Hbond substituents is 1. The van der Waals surface area contributed by atoms with E-state index in [1.807, 2.05) is 6.07 Å². The van der Waals surface area contributed by atoms with Gasteiger partial charge in [-0.3, -0.25) is 0 Å². The molecule has 0 saturated heterocycles. The summed E-state index contributed by atoms with van der Waals surface area (Å²) in [6.07, 6.45) is 0. The molecule has 1 rings (SSSR count). The summed E-state index contributed by atoms with van der Waals surface area (Å²) in [4.78, 5) is 0. The van der Waals surface area contributed by atoms with Crippen LogP contribution in [-0.2, 0) is 5.41 Å². The van der Waals surface area contributed by atoms with Crippen molar-refractivity contribution in [3.63, 3.8) is 0 Å². The molecule has 0 fully saturated rings. The van der Waals surface area contributed by atoms with Crippen molar-refractivity contribution in [1.82, 2.24) is 0 Å². The molecule has 0 aliphatic carbocycles. The summed E-state index contributed by atoms with van der Waals surface area (Å²) < 4.78 is 25.7. The fourth-order valence-corrected chi connectivity index (χ4v) is 1.53. The van der Waals surface area contributed by atoms with Gasteiger partial charge >= 0.3 is 0 Å². The van der Waals surface area contributed by atoms with Crippen LogP contribution in [-0.4, -0.2) is 5.11 Å². The normalized spacial score (nSPS) is 11.2. The van der Waals surface area contributed by atoms with Crippen molar-refractivity contribution in [1.29, 1.82) is 5.26 Å². The third-order valence-corrected chi connectivity index (χ3v) is 2.81. The van der Waals surface area contributed by atoms with Crippen molar-refractivity contribution in [3.8, 4) is 11.8 Å². The van der Waals surface area contributed by atoms with Crippen molar-refractivity contribution in [2.45, 2.75) is 19.3 Å². The summed E-state index contributed by atoms with van der Waals surface area (Å²) >= 11 is 2.73. The first kappa shape index (κ1) is 11.9. The van der Waals surface area contributed by atoms with Crippen LogP contribution in [0.1, 0.15) is 19.4 Å². The molecule has 0 aliphatic rings. The van der Waals surface area contributed by atoms with E-state index in [2.05, 4.69) is 15.9 Å². The molecule has 5 heteroatoms. The fraction of sp³-hybridized carbons (Fsp3) is 0.300. The molecule has 2 nitrogen and oxygen atoms in total. The average molecular weight is 276 g/mol. The molecule has 0 radical (unpaired) electrons. The molecular weight excluding hydrogens is 268 g/mol. The van der Waals surface area contributed by atoms with Crippen LogP contribution in [0.2, 0.25) is 0 Å². The Kier molecular flexibility index (Phi) is 3.00. The maximum absolute atomic E-state index is 13.1. The third-order valence-electron chi connectivity index (χ3n) is 2.09. The molecule has 80 valence electrons. The van der Waals surface area contributed by atoms with Gasteiger partial charge < -0.3 is 5.11 Å². The Morgan fingerprint density at radius 3 is 2.47 bits per heavy atom. The highest BCUT2D eigenvalue weighted by atomic mass is 79.9. The Bertz CT molecular complexity index is 452. The minimum atomic E-state index is -1.16. The quantitative estimate of drug-likeness (QED) is 0.800. The van der Waals surface area contributed by atoms with Crippen LogP contribution in [0, 0.1) is 23.0 Å². The molecule has 0 amide bonds. The van der Waals surface area contributed by atoms with Crippen LogP contribution >= 0.6 is 15.9 Å². The predicted molar refractivity (Wildman–Crippen MR) is 54.4 cm³/mol. The van der Waals surface area contributed by atoms with Crippen LogP contribution in [0.15, 0.2) is 10.5 Å². The highest BCUT2D eigenvalue weighted by Crippen LogP contribution is 2.38. The minimum Gasteiger partial charge on any atom is -0.506 e. The Morgan fingerprint density at radius 2 is 2.00 bits per heavy atom. The van der Waals surface area contributed by atoms with E-state index in [9.17, 15) is 13.9 Å². The number of phenols is 1. The Morgan fingerprint density at radius 1 is 1.47 bits per heavy atom. The molecule has 0 atom stereocenters. The molecule has 0 saturated carbocycles. The summed E-state index contributed by atoms with van der Waals surface area (Å²) in [7, 11) is 0. The highest BCUT2D eigenvalue weighted by Gasteiger charge is 2.28. The van der Waals surface area contributed by atoms with E-state index in [1.54, 1.807) is 0 Å². The molecule has 0 aliphatic heterocycles. The van der Waals surface area contributed by atoms with Crippen LogP contribution in [0.3, 0.4) is 0 Å². The summed E-state index contributed by atoms with van der Waals surface area (Å²) in [6.45, 7) is 3.01. The second-order valence-corrected chi connectivity index (χ2v) is 4.41. The molecule has 1 aromatic carbocycles. The van der Waals surface area contributed by atoms with Crippen LogP contribution in [0.25, 0.3) is 0 Å². The van der Waals surface area contributed by atoms with E-state index in [4.69, 9.17) is 5.26 Å². The lowest BCUT2D eigenvalue weighted by molar-refractivity contribution is 0.430. The topological polar surface area (TPSA) is 44.0 Å². The molecule has 0 spiro atoms. The number of halogens is 3. The molecule has 0 unspecified atom stereocenters. The first-order valence-corrected chi connectivity index (χ1v) is 4.88. The monoisotopic (exact) mass is 275 g/mol. The second kappa shape index (κ2) is 3.78. The SMILES string of the molecule is CC(C)(C#N)c1cc(F)c(F)c(Br)c1O. The largest absolute Gasteiger partial charge is 0.506 e. The molecular formula is C10H8BrF2NO. The van der Waals surface area contributed by atoms with Gasteiger partial charge in [0, 0.05) is 5.56 Å². The molecule has 0 bridgehead atoms. The third kappa shape index (κ3) is 1.95. The number of benzene rings is 1. The Hall–Kier alpha value is -1.15. The zero-order chi connectivity index (χ0) is 11.8. The summed E-state index contributed by atoms with van der Waals surface area (Å²) in [5.74, 6) is -2.71. The van der Waals surface area contributed by atoms with Crippen molar-refractivity contribution in [2.75, 3.05) is 0 Å². The average Bonchev–Trinajstić information content (AvgIpc) is 2.20. The Balaban J connectivity index is 3.54.